The van der Waals surface area contributed by atoms with Crippen molar-refractivity contribution >= 4 is 11.8 Å². The van der Waals surface area contributed by atoms with Crippen LogP contribution in [-0.2, 0) is 19.1 Å². The first-order valence-corrected chi connectivity index (χ1v) is 14.7. The molecule has 0 atom stereocenters. The molecule has 0 aromatic rings. The average molecular weight is 575 g/mol. The first-order valence-electron chi connectivity index (χ1n) is 14.7. The Morgan fingerprint density at radius 3 is 1.77 bits per heavy atom. The topological polar surface area (TPSA) is 76.7 Å². The van der Waals surface area contributed by atoms with E-state index in [-0.39, 0.29) is 40.7 Å². The normalized spacial score (nSPS) is 14.1. The Bertz CT molecular complexity index is 807. The van der Waals surface area contributed by atoms with Crippen LogP contribution < -0.4 is 10.6 Å². The molecular formula is C32H60F2N2O4. The molecule has 0 bridgehead atoms. The standard InChI is InChI=1S/C32H60F2N2O4/c1-27(2,3)21-35-26(38)32(33,34)16-14-20-40-24-30(9,10)18-17-29(7,8)22-36-25(37)31(11,12)15-13-19-39-23-28(4,5)6/h14,16H,13,15,17-24H2,1-12H3,(H,35,38)(H,36,37). The number of nitrogens with one attached hydrogen (secondary N) is 2. The quantitative estimate of drug-likeness (QED) is 0.134. The summed E-state index contributed by atoms with van der Waals surface area (Å²) in [6.45, 7) is 26.9. The van der Waals surface area contributed by atoms with Gasteiger partial charge in [-0.05, 0) is 53.4 Å². The van der Waals surface area contributed by atoms with Crippen molar-refractivity contribution in [2.24, 2.45) is 27.1 Å². The van der Waals surface area contributed by atoms with Crippen LogP contribution in [0.1, 0.15) is 109 Å². The molecule has 6 nitrogen and oxygen atoms in total. The highest BCUT2D eigenvalue weighted by Gasteiger charge is 2.36. The highest BCUT2D eigenvalue weighted by molar-refractivity contribution is 5.85. The van der Waals surface area contributed by atoms with Gasteiger partial charge in [0.15, 0.2) is 0 Å². The van der Waals surface area contributed by atoms with E-state index >= 15 is 0 Å². The Hall–Kier alpha value is -1.54. The number of hydrogen-bond acceptors (Lipinski definition) is 4. The molecule has 40 heavy (non-hydrogen) atoms. The Morgan fingerprint density at radius 2 is 1.23 bits per heavy atom. The molecule has 0 radical (unpaired) electrons. The summed E-state index contributed by atoms with van der Waals surface area (Å²) >= 11 is 0. The van der Waals surface area contributed by atoms with Crippen LogP contribution >= 0.6 is 0 Å². The molecule has 2 N–H and O–H groups in total. The lowest BCUT2D eigenvalue weighted by atomic mass is 9.79. The lowest BCUT2D eigenvalue weighted by Gasteiger charge is -2.32. The van der Waals surface area contributed by atoms with E-state index in [1.54, 1.807) is 0 Å². The van der Waals surface area contributed by atoms with Gasteiger partial charge in [0, 0.05) is 25.1 Å². The van der Waals surface area contributed by atoms with Gasteiger partial charge in [-0.15, -0.1) is 0 Å². The fourth-order valence-electron chi connectivity index (χ4n) is 3.64. The third kappa shape index (κ3) is 18.7. The van der Waals surface area contributed by atoms with Crippen molar-refractivity contribution in [1.29, 1.82) is 0 Å². The van der Waals surface area contributed by atoms with Crippen molar-refractivity contribution in [1.82, 2.24) is 10.6 Å². The molecule has 0 fully saturated rings. The number of carbonyl (C=O) groups excluding carboxylic acids is 2. The number of alkyl halides is 2. The molecule has 0 saturated carbocycles. The van der Waals surface area contributed by atoms with Gasteiger partial charge < -0.3 is 20.1 Å². The zero-order valence-electron chi connectivity index (χ0n) is 27.6. The zero-order valence-corrected chi connectivity index (χ0v) is 27.6. The van der Waals surface area contributed by atoms with Crippen LogP contribution in [0.4, 0.5) is 8.78 Å². The molecule has 8 heteroatoms. The summed E-state index contributed by atoms with van der Waals surface area (Å²) in [5.41, 5.74) is -0.886. The Kier molecular flexibility index (Phi) is 15.0. The molecule has 0 unspecified atom stereocenters. The smallest absolute Gasteiger partial charge is 0.343 e. The summed E-state index contributed by atoms with van der Waals surface area (Å²) in [4.78, 5) is 24.7. The van der Waals surface area contributed by atoms with E-state index in [9.17, 15) is 18.4 Å². The van der Waals surface area contributed by atoms with Crippen LogP contribution in [0.3, 0.4) is 0 Å². The van der Waals surface area contributed by atoms with Crippen LogP contribution in [0.15, 0.2) is 12.2 Å². The predicted octanol–water partition coefficient (Wildman–Crippen LogP) is 7.17. The molecule has 0 aliphatic rings. The highest BCUT2D eigenvalue weighted by atomic mass is 19.3. The van der Waals surface area contributed by atoms with Gasteiger partial charge in [0.25, 0.3) is 5.91 Å². The molecule has 0 heterocycles. The van der Waals surface area contributed by atoms with E-state index in [0.717, 1.165) is 25.7 Å². The number of hydrogen-bond donors (Lipinski definition) is 2. The maximum Gasteiger partial charge on any atom is 0.343 e. The molecule has 0 rings (SSSR count). The zero-order chi connectivity index (χ0) is 31.5. The molecule has 2 amide bonds. The van der Waals surface area contributed by atoms with E-state index in [4.69, 9.17) is 9.47 Å². The summed E-state index contributed by atoms with van der Waals surface area (Å²) in [7, 11) is 0. The van der Waals surface area contributed by atoms with Crippen molar-refractivity contribution in [2.75, 3.05) is 39.5 Å². The minimum Gasteiger partial charge on any atom is -0.381 e. The van der Waals surface area contributed by atoms with E-state index in [0.29, 0.717) is 32.4 Å². The lowest BCUT2D eigenvalue weighted by Crippen LogP contribution is -2.42. The van der Waals surface area contributed by atoms with Gasteiger partial charge in [-0.1, -0.05) is 89.2 Å². The van der Waals surface area contributed by atoms with Gasteiger partial charge in [-0.25, -0.2) is 0 Å². The maximum absolute atomic E-state index is 14.1. The van der Waals surface area contributed by atoms with Gasteiger partial charge in [-0.2, -0.15) is 8.78 Å². The molecule has 0 spiro atoms. The van der Waals surface area contributed by atoms with Gasteiger partial charge in [0.1, 0.15) is 0 Å². The lowest BCUT2D eigenvalue weighted by molar-refractivity contribution is -0.139. The number of ether oxygens (including phenoxy) is 2. The van der Waals surface area contributed by atoms with Crippen molar-refractivity contribution < 1.29 is 27.8 Å². The third-order valence-corrected chi connectivity index (χ3v) is 6.56. The van der Waals surface area contributed by atoms with Crippen molar-refractivity contribution in [3.63, 3.8) is 0 Å². The molecule has 0 aromatic heterocycles. The average Bonchev–Trinajstić information content (AvgIpc) is 2.78. The van der Waals surface area contributed by atoms with Gasteiger partial charge in [-0.3, -0.25) is 9.59 Å². The summed E-state index contributed by atoms with van der Waals surface area (Å²) < 4.78 is 39.5. The summed E-state index contributed by atoms with van der Waals surface area (Å²) in [6, 6.07) is 0. The minimum atomic E-state index is -3.58. The number of rotatable bonds is 18. The number of amides is 2. The molecular weight excluding hydrogens is 514 g/mol. The van der Waals surface area contributed by atoms with Gasteiger partial charge in [0.2, 0.25) is 5.91 Å². The second kappa shape index (κ2) is 15.6. The largest absolute Gasteiger partial charge is 0.381 e. The summed E-state index contributed by atoms with van der Waals surface area (Å²) in [5, 5.41) is 5.43. The summed E-state index contributed by atoms with van der Waals surface area (Å²) in [6.07, 6.45) is 5.11. The van der Waals surface area contributed by atoms with Crippen molar-refractivity contribution in [3.8, 4) is 0 Å². The number of halogens is 2. The predicted molar refractivity (Wildman–Crippen MR) is 160 cm³/mol. The molecule has 0 aliphatic heterocycles. The van der Waals surface area contributed by atoms with Gasteiger partial charge >= 0.3 is 5.92 Å². The van der Waals surface area contributed by atoms with Crippen LogP contribution in [0, 0.1) is 27.1 Å². The van der Waals surface area contributed by atoms with Crippen molar-refractivity contribution in [2.45, 2.75) is 115 Å². The molecule has 236 valence electrons. The van der Waals surface area contributed by atoms with Crippen LogP contribution in [0.2, 0.25) is 0 Å². The van der Waals surface area contributed by atoms with E-state index in [1.165, 1.54) is 6.08 Å². The Balaban J connectivity index is 4.48. The fourth-order valence-corrected chi connectivity index (χ4v) is 3.64. The van der Waals surface area contributed by atoms with E-state index < -0.39 is 17.2 Å². The second-order valence-corrected chi connectivity index (χ2v) is 15.9. The van der Waals surface area contributed by atoms with E-state index in [1.807, 2.05) is 34.6 Å². The molecule has 0 saturated heterocycles. The van der Waals surface area contributed by atoms with E-state index in [2.05, 4.69) is 59.1 Å². The maximum atomic E-state index is 14.1. The van der Waals surface area contributed by atoms with Gasteiger partial charge in [0.05, 0.1) is 19.8 Å². The summed E-state index contributed by atoms with van der Waals surface area (Å²) in [5.74, 6) is -4.83. The first-order chi connectivity index (χ1) is 17.9. The van der Waals surface area contributed by atoms with Crippen molar-refractivity contribution in [3.05, 3.63) is 12.2 Å². The van der Waals surface area contributed by atoms with Crippen LogP contribution in [-0.4, -0.2) is 57.3 Å². The Labute approximate surface area is 243 Å². The monoisotopic (exact) mass is 574 g/mol. The van der Waals surface area contributed by atoms with Crippen LogP contribution in [0.5, 0.6) is 0 Å². The Morgan fingerprint density at radius 1 is 0.675 bits per heavy atom. The fraction of sp³-hybridized carbons (Fsp3) is 0.875. The highest BCUT2D eigenvalue weighted by Crippen LogP contribution is 2.31. The third-order valence-electron chi connectivity index (χ3n) is 6.56. The van der Waals surface area contributed by atoms with Crippen LogP contribution in [0.25, 0.3) is 0 Å². The molecule has 0 aliphatic carbocycles. The SMILES string of the molecule is CC(C)(C)CNC(=O)C(F)(F)C=CCOCC(C)(C)CCC(C)(C)CNC(=O)C(C)(C)CCCOCC(C)(C)C. The minimum absolute atomic E-state index is 0.00134. The second-order valence-electron chi connectivity index (χ2n) is 15.9. The number of carbonyl (C=O) groups is 2. The molecule has 0 aromatic carbocycles. The first kappa shape index (κ1) is 38.5.